The van der Waals surface area contributed by atoms with E-state index >= 15 is 0 Å². The molecule has 4 rings (SSSR count). The minimum Gasteiger partial charge on any atom is -0.309 e. The molecule has 0 radical (unpaired) electrons. The van der Waals surface area contributed by atoms with E-state index in [9.17, 15) is 4.79 Å². The maximum Gasteiger partial charge on any atom is 0.260 e. The summed E-state index contributed by atoms with van der Waals surface area (Å²) >= 11 is 1.53. The van der Waals surface area contributed by atoms with Gasteiger partial charge in [-0.15, -0.1) is 11.3 Å². The topological polar surface area (TPSA) is 49.0 Å². The van der Waals surface area contributed by atoms with Gasteiger partial charge >= 0.3 is 0 Å². The van der Waals surface area contributed by atoms with Crippen LogP contribution in [0.4, 0.5) is 0 Å². The van der Waals surface area contributed by atoms with Crippen molar-refractivity contribution in [3.63, 3.8) is 0 Å². The van der Waals surface area contributed by atoms with Crippen molar-refractivity contribution >= 4 is 21.6 Å². The van der Waals surface area contributed by atoms with Crippen molar-refractivity contribution in [3.05, 3.63) is 87.8 Å². The number of aromatic amines is 1. The minimum absolute atomic E-state index is 0.0662. The zero-order chi connectivity index (χ0) is 19.5. The van der Waals surface area contributed by atoms with E-state index in [4.69, 9.17) is 4.98 Å². The fourth-order valence-electron chi connectivity index (χ4n) is 3.33. The van der Waals surface area contributed by atoms with E-state index < -0.39 is 0 Å². The first-order valence-corrected chi connectivity index (χ1v) is 10.3. The Kier molecular flexibility index (Phi) is 5.37. The van der Waals surface area contributed by atoms with Gasteiger partial charge in [0.15, 0.2) is 0 Å². The van der Waals surface area contributed by atoms with Crippen LogP contribution in [0, 0.1) is 0 Å². The Hall–Kier alpha value is -2.76. The van der Waals surface area contributed by atoms with Crippen molar-refractivity contribution in [1.82, 2.24) is 14.9 Å². The van der Waals surface area contributed by atoms with Crippen LogP contribution >= 0.6 is 11.3 Å². The lowest BCUT2D eigenvalue weighted by molar-refractivity contribution is 0.198. The van der Waals surface area contributed by atoms with E-state index in [1.165, 1.54) is 16.9 Å². The summed E-state index contributed by atoms with van der Waals surface area (Å²) in [5, 5.41) is 2.70. The smallest absolute Gasteiger partial charge is 0.260 e. The molecule has 0 atom stereocenters. The van der Waals surface area contributed by atoms with E-state index in [-0.39, 0.29) is 5.56 Å². The maximum absolute atomic E-state index is 12.9. The summed E-state index contributed by atoms with van der Waals surface area (Å²) in [5.74, 6) is 0.712. The van der Waals surface area contributed by atoms with E-state index in [1.807, 2.05) is 41.8 Å². The second-order valence-corrected chi connectivity index (χ2v) is 8.05. The van der Waals surface area contributed by atoms with Crippen molar-refractivity contribution in [2.24, 2.45) is 0 Å². The average molecular weight is 390 g/mol. The third kappa shape index (κ3) is 3.91. The van der Waals surface area contributed by atoms with Crippen molar-refractivity contribution in [2.75, 3.05) is 0 Å². The fourth-order valence-corrected chi connectivity index (χ4v) is 4.30. The number of thiophene rings is 1. The highest BCUT2D eigenvalue weighted by molar-refractivity contribution is 7.17. The molecular formula is C23H23N3OS. The molecule has 1 N–H and O–H groups in total. The molecule has 0 bridgehead atoms. The Morgan fingerprint density at radius 2 is 1.68 bits per heavy atom. The highest BCUT2D eigenvalue weighted by Crippen LogP contribution is 2.30. The zero-order valence-corrected chi connectivity index (χ0v) is 16.9. The molecule has 0 aliphatic heterocycles. The molecule has 0 saturated heterocycles. The summed E-state index contributed by atoms with van der Waals surface area (Å²) in [5.41, 5.74) is 3.18. The summed E-state index contributed by atoms with van der Waals surface area (Å²) in [6, 6.07) is 20.7. The summed E-state index contributed by atoms with van der Waals surface area (Å²) in [6.07, 6.45) is 0. The Labute approximate surface area is 168 Å². The molecule has 0 fully saturated rings. The quantitative estimate of drug-likeness (QED) is 0.501. The van der Waals surface area contributed by atoms with Gasteiger partial charge in [-0.2, -0.15) is 0 Å². The fraction of sp³-hybridized carbons (Fsp3) is 0.217. The Morgan fingerprint density at radius 1 is 1.00 bits per heavy atom. The molecule has 0 aliphatic rings. The van der Waals surface area contributed by atoms with E-state index in [0.29, 0.717) is 23.8 Å². The zero-order valence-electron chi connectivity index (χ0n) is 16.1. The third-order valence-electron chi connectivity index (χ3n) is 4.89. The molecule has 0 unspecified atom stereocenters. The minimum atomic E-state index is -0.0662. The van der Waals surface area contributed by atoms with Gasteiger partial charge in [0, 0.05) is 23.5 Å². The van der Waals surface area contributed by atoms with Crippen molar-refractivity contribution < 1.29 is 0 Å². The van der Waals surface area contributed by atoms with Crippen LogP contribution < -0.4 is 5.56 Å². The van der Waals surface area contributed by atoms with Gasteiger partial charge in [0.2, 0.25) is 0 Å². The van der Waals surface area contributed by atoms with Gasteiger partial charge in [0.25, 0.3) is 5.56 Å². The van der Waals surface area contributed by atoms with E-state index in [2.05, 4.69) is 48.0 Å². The molecule has 28 heavy (non-hydrogen) atoms. The van der Waals surface area contributed by atoms with Crippen LogP contribution in [0.5, 0.6) is 0 Å². The number of nitrogens with one attached hydrogen (secondary N) is 1. The molecule has 5 heteroatoms. The second-order valence-electron chi connectivity index (χ2n) is 7.19. The lowest BCUT2D eigenvalue weighted by Gasteiger charge is -2.26. The Bertz CT molecular complexity index is 1120. The molecular weight excluding hydrogens is 366 g/mol. The van der Waals surface area contributed by atoms with Crippen molar-refractivity contribution in [1.29, 1.82) is 0 Å². The number of benzene rings is 2. The first kappa shape index (κ1) is 18.6. The number of hydrogen-bond donors (Lipinski definition) is 1. The predicted molar refractivity (Wildman–Crippen MR) is 117 cm³/mol. The number of fused-ring (bicyclic) bond motifs is 1. The van der Waals surface area contributed by atoms with Crippen LogP contribution in [-0.2, 0) is 13.1 Å². The highest BCUT2D eigenvalue weighted by atomic mass is 32.1. The molecule has 2 aromatic heterocycles. The maximum atomic E-state index is 12.9. The molecule has 142 valence electrons. The highest BCUT2D eigenvalue weighted by Gasteiger charge is 2.16. The van der Waals surface area contributed by atoms with Crippen LogP contribution in [0.25, 0.3) is 21.3 Å². The average Bonchev–Trinajstić information content (AvgIpc) is 3.13. The number of H-pyrrole nitrogens is 1. The third-order valence-corrected chi connectivity index (χ3v) is 5.76. The number of nitrogens with zero attached hydrogens (tertiary/aromatic N) is 2. The SMILES string of the molecule is CC(C)N(Cc1ccccc1)Cc1nc2scc(-c3ccccc3)c2c(=O)[nH]1. The molecule has 2 aromatic carbocycles. The lowest BCUT2D eigenvalue weighted by atomic mass is 10.1. The molecule has 0 aliphatic carbocycles. The first-order valence-electron chi connectivity index (χ1n) is 9.45. The summed E-state index contributed by atoms with van der Waals surface area (Å²) in [4.78, 5) is 23.7. The van der Waals surface area contributed by atoms with E-state index in [1.54, 1.807) is 0 Å². The summed E-state index contributed by atoms with van der Waals surface area (Å²) in [6.45, 7) is 5.76. The lowest BCUT2D eigenvalue weighted by Crippen LogP contribution is -2.31. The van der Waals surface area contributed by atoms with Gasteiger partial charge in [0.1, 0.15) is 10.7 Å². The van der Waals surface area contributed by atoms with Crippen molar-refractivity contribution in [2.45, 2.75) is 33.0 Å². The van der Waals surface area contributed by atoms with Crippen molar-refractivity contribution in [3.8, 4) is 11.1 Å². The van der Waals surface area contributed by atoms with Gasteiger partial charge in [-0.1, -0.05) is 60.7 Å². The van der Waals surface area contributed by atoms with Crippen LogP contribution in [-0.4, -0.2) is 20.9 Å². The van der Waals surface area contributed by atoms with Crippen LogP contribution in [0.1, 0.15) is 25.2 Å². The second kappa shape index (κ2) is 8.09. The largest absolute Gasteiger partial charge is 0.309 e. The monoisotopic (exact) mass is 389 g/mol. The number of rotatable bonds is 6. The number of aromatic nitrogens is 2. The standard InChI is InChI=1S/C23H23N3OS/c1-16(2)26(13-17-9-5-3-6-10-17)14-20-24-22(27)21-19(15-28-23(21)25-20)18-11-7-4-8-12-18/h3-12,15-16H,13-14H2,1-2H3,(H,24,25,27). The van der Waals surface area contributed by atoms with Gasteiger partial charge in [-0.25, -0.2) is 4.98 Å². The Morgan fingerprint density at radius 3 is 2.36 bits per heavy atom. The predicted octanol–water partition coefficient (Wildman–Crippen LogP) is 5.06. The molecule has 4 nitrogen and oxygen atoms in total. The van der Waals surface area contributed by atoms with E-state index in [0.717, 1.165) is 22.5 Å². The summed E-state index contributed by atoms with van der Waals surface area (Å²) in [7, 11) is 0. The van der Waals surface area contributed by atoms with Gasteiger partial charge in [-0.3, -0.25) is 9.69 Å². The molecule has 0 spiro atoms. The Balaban J connectivity index is 1.65. The molecule has 0 amide bonds. The van der Waals surface area contributed by atoms with Gasteiger partial charge in [-0.05, 0) is 25.0 Å². The first-order chi connectivity index (χ1) is 13.6. The summed E-state index contributed by atoms with van der Waals surface area (Å²) < 4.78 is 0. The normalized spacial score (nSPS) is 11.6. The molecule has 2 heterocycles. The van der Waals surface area contributed by atoms with Gasteiger partial charge < -0.3 is 4.98 Å². The van der Waals surface area contributed by atoms with Crippen LogP contribution in [0.2, 0.25) is 0 Å². The molecule has 0 saturated carbocycles. The van der Waals surface area contributed by atoms with Crippen LogP contribution in [0.15, 0.2) is 70.8 Å². The van der Waals surface area contributed by atoms with Gasteiger partial charge in [0.05, 0.1) is 11.9 Å². The molecule has 4 aromatic rings. The number of hydrogen-bond acceptors (Lipinski definition) is 4. The van der Waals surface area contributed by atoms with Crippen LogP contribution in [0.3, 0.4) is 0 Å².